The van der Waals surface area contributed by atoms with Crippen LogP contribution in [0.25, 0.3) is 0 Å². The molecule has 1 saturated heterocycles. The number of nitrogens with zero attached hydrogens (tertiary/aromatic N) is 2. The van der Waals surface area contributed by atoms with Crippen molar-refractivity contribution in [1.29, 1.82) is 0 Å². The highest BCUT2D eigenvalue weighted by Crippen LogP contribution is 2.20. The zero-order valence-electron chi connectivity index (χ0n) is 17.1. The Bertz CT molecular complexity index is 1040. The Balaban J connectivity index is 1.30. The minimum Gasteiger partial charge on any atom is -0.489 e. The Labute approximate surface area is 181 Å². The largest absolute Gasteiger partial charge is 0.489 e. The van der Waals surface area contributed by atoms with Gasteiger partial charge < -0.3 is 9.64 Å². The molecule has 0 atom stereocenters. The second kappa shape index (κ2) is 9.89. The number of benzene rings is 3. The van der Waals surface area contributed by atoms with Crippen molar-refractivity contribution in [2.24, 2.45) is 5.10 Å². The van der Waals surface area contributed by atoms with E-state index in [1.807, 2.05) is 48.5 Å². The fourth-order valence-electron chi connectivity index (χ4n) is 3.46. The van der Waals surface area contributed by atoms with Gasteiger partial charge in [0, 0.05) is 24.3 Å². The van der Waals surface area contributed by atoms with Gasteiger partial charge in [-0.25, -0.2) is 9.82 Å². The number of hydrogen-bond acceptors (Lipinski definition) is 4. The molecule has 1 aliphatic heterocycles. The number of anilines is 1. The zero-order valence-corrected chi connectivity index (χ0v) is 17.1. The van der Waals surface area contributed by atoms with Crippen LogP contribution < -0.4 is 15.1 Å². The third kappa shape index (κ3) is 5.69. The fourth-order valence-corrected chi connectivity index (χ4v) is 3.46. The summed E-state index contributed by atoms with van der Waals surface area (Å²) in [6.07, 6.45) is 4.01. The van der Waals surface area contributed by atoms with Gasteiger partial charge in [-0.2, -0.15) is 5.10 Å². The molecule has 0 spiro atoms. The third-order valence-corrected chi connectivity index (χ3v) is 5.16. The molecule has 4 rings (SSSR count). The molecule has 1 heterocycles. The van der Waals surface area contributed by atoms with E-state index in [1.165, 1.54) is 25.0 Å². The number of halogens is 1. The molecule has 3 aromatic rings. The minimum absolute atomic E-state index is 0.257. The van der Waals surface area contributed by atoms with E-state index in [0.717, 1.165) is 29.9 Å². The van der Waals surface area contributed by atoms with E-state index >= 15 is 0 Å². The third-order valence-electron chi connectivity index (χ3n) is 5.16. The van der Waals surface area contributed by atoms with Crippen molar-refractivity contribution in [3.8, 4) is 5.75 Å². The number of nitrogens with one attached hydrogen (secondary N) is 1. The van der Waals surface area contributed by atoms with Gasteiger partial charge in [-0.3, -0.25) is 4.79 Å². The summed E-state index contributed by atoms with van der Waals surface area (Å²) < 4.78 is 18.7. The normalized spacial score (nSPS) is 13.5. The first-order valence-electron chi connectivity index (χ1n) is 10.3. The number of amides is 1. The van der Waals surface area contributed by atoms with Crippen LogP contribution in [0, 0.1) is 5.82 Å². The molecular formula is C25H24FN3O2. The molecule has 5 nitrogen and oxygen atoms in total. The molecule has 0 radical (unpaired) electrons. The lowest BCUT2D eigenvalue weighted by Crippen LogP contribution is -2.19. The van der Waals surface area contributed by atoms with Crippen molar-refractivity contribution in [1.82, 2.24) is 5.43 Å². The maximum Gasteiger partial charge on any atom is 0.271 e. The molecule has 0 aliphatic carbocycles. The van der Waals surface area contributed by atoms with E-state index in [1.54, 1.807) is 18.3 Å². The molecule has 1 N–H and O–H groups in total. The summed E-state index contributed by atoms with van der Waals surface area (Å²) in [5.41, 5.74) is 5.95. The maximum absolute atomic E-state index is 13.0. The second-order valence-electron chi connectivity index (χ2n) is 7.43. The number of carbonyl (C=O) groups excluding carboxylic acids is 1. The molecule has 6 heteroatoms. The van der Waals surface area contributed by atoms with Crippen molar-refractivity contribution in [3.05, 3.63) is 95.3 Å². The highest BCUT2D eigenvalue weighted by molar-refractivity contribution is 5.95. The maximum atomic E-state index is 13.0. The number of carbonyl (C=O) groups is 1. The summed E-state index contributed by atoms with van der Waals surface area (Å²) in [5, 5.41) is 4.05. The monoisotopic (exact) mass is 417 g/mol. The van der Waals surface area contributed by atoms with E-state index in [0.29, 0.717) is 17.9 Å². The Hall–Kier alpha value is -3.67. The van der Waals surface area contributed by atoms with Gasteiger partial charge in [-0.1, -0.05) is 24.3 Å². The summed E-state index contributed by atoms with van der Waals surface area (Å²) in [6.45, 7) is 2.48. The fraction of sp³-hybridized carbons (Fsp3) is 0.200. The van der Waals surface area contributed by atoms with Crippen LogP contribution in [-0.4, -0.2) is 25.2 Å². The zero-order chi connectivity index (χ0) is 21.5. The smallest absolute Gasteiger partial charge is 0.271 e. The summed E-state index contributed by atoms with van der Waals surface area (Å²) in [5.74, 6) is 0.136. The van der Waals surface area contributed by atoms with E-state index in [2.05, 4.69) is 15.4 Å². The SMILES string of the molecule is O=C(N/N=C\c1cccc(OCc2ccc(F)cc2)c1)c1ccc(N2CCCC2)cc1. The lowest BCUT2D eigenvalue weighted by Gasteiger charge is -2.17. The number of rotatable bonds is 7. The molecule has 31 heavy (non-hydrogen) atoms. The first kappa shape index (κ1) is 20.6. The van der Waals surface area contributed by atoms with Crippen LogP contribution in [0.15, 0.2) is 77.9 Å². The van der Waals surface area contributed by atoms with Crippen LogP contribution in [0.3, 0.4) is 0 Å². The number of hydrazone groups is 1. The van der Waals surface area contributed by atoms with Gasteiger partial charge in [0.2, 0.25) is 0 Å². The van der Waals surface area contributed by atoms with Gasteiger partial charge in [-0.05, 0) is 72.5 Å². The molecule has 0 aromatic heterocycles. The minimum atomic E-state index is -0.272. The van der Waals surface area contributed by atoms with E-state index in [-0.39, 0.29) is 11.7 Å². The molecule has 0 saturated carbocycles. The quantitative estimate of drug-likeness (QED) is 0.445. The van der Waals surface area contributed by atoms with Gasteiger partial charge in [-0.15, -0.1) is 0 Å². The molecule has 1 fully saturated rings. The van der Waals surface area contributed by atoms with Crippen molar-refractivity contribution in [3.63, 3.8) is 0 Å². The van der Waals surface area contributed by atoms with Gasteiger partial charge >= 0.3 is 0 Å². The number of hydrogen-bond donors (Lipinski definition) is 1. The molecule has 0 unspecified atom stereocenters. The molecule has 1 aliphatic rings. The standard InChI is InChI=1S/C25H24FN3O2/c26-22-10-6-19(7-11-22)18-31-24-5-3-4-20(16-24)17-27-28-25(30)21-8-12-23(13-9-21)29-14-1-2-15-29/h3-13,16-17H,1-2,14-15,18H2,(H,28,30)/b27-17-. The predicted molar refractivity (Wildman–Crippen MR) is 120 cm³/mol. The highest BCUT2D eigenvalue weighted by atomic mass is 19.1. The van der Waals surface area contributed by atoms with Gasteiger partial charge in [0.15, 0.2) is 0 Å². The highest BCUT2D eigenvalue weighted by Gasteiger charge is 2.12. The Morgan fingerprint density at radius 2 is 1.77 bits per heavy atom. The predicted octanol–water partition coefficient (Wildman–Crippen LogP) is 4.77. The Morgan fingerprint density at radius 3 is 2.52 bits per heavy atom. The summed E-state index contributed by atoms with van der Waals surface area (Å²) in [7, 11) is 0. The summed E-state index contributed by atoms with van der Waals surface area (Å²) in [4.78, 5) is 14.7. The lowest BCUT2D eigenvalue weighted by molar-refractivity contribution is 0.0955. The van der Waals surface area contributed by atoms with E-state index in [4.69, 9.17) is 4.74 Å². The lowest BCUT2D eigenvalue weighted by atomic mass is 10.2. The van der Waals surface area contributed by atoms with Crippen molar-refractivity contribution in [2.75, 3.05) is 18.0 Å². The van der Waals surface area contributed by atoms with Gasteiger partial charge in [0.1, 0.15) is 18.2 Å². The average Bonchev–Trinajstić information content (AvgIpc) is 3.34. The molecular weight excluding hydrogens is 393 g/mol. The van der Waals surface area contributed by atoms with Crippen LogP contribution in [0.5, 0.6) is 5.75 Å². The van der Waals surface area contributed by atoms with Crippen LogP contribution in [0.2, 0.25) is 0 Å². The first-order valence-corrected chi connectivity index (χ1v) is 10.3. The van der Waals surface area contributed by atoms with Crippen molar-refractivity contribution < 1.29 is 13.9 Å². The van der Waals surface area contributed by atoms with Crippen LogP contribution >= 0.6 is 0 Å². The van der Waals surface area contributed by atoms with Crippen molar-refractivity contribution >= 4 is 17.8 Å². The van der Waals surface area contributed by atoms with Crippen molar-refractivity contribution in [2.45, 2.75) is 19.4 Å². The van der Waals surface area contributed by atoms with Gasteiger partial charge in [0.25, 0.3) is 5.91 Å². The van der Waals surface area contributed by atoms with E-state index < -0.39 is 0 Å². The van der Waals surface area contributed by atoms with Crippen LogP contribution in [-0.2, 0) is 6.61 Å². The Morgan fingerprint density at radius 1 is 1.03 bits per heavy atom. The first-order chi connectivity index (χ1) is 15.2. The molecule has 3 aromatic carbocycles. The molecule has 0 bridgehead atoms. The second-order valence-corrected chi connectivity index (χ2v) is 7.43. The molecule has 158 valence electrons. The molecule has 1 amide bonds. The summed E-state index contributed by atoms with van der Waals surface area (Å²) in [6, 6.07) is 21.2. The van der Waals surface area contributed by atoms with E-state index in [9.17, 15) is 9.18 Å². The van der Waals surface area contributed by atoms with Gasteiger partial charge in [0.05, 0.1) is 6.21 Å². The van der Waals surface area contributed by atoms with Crippen LogP contribution in [0.4, 0.5) is 10.1 Å². The van der Waals surface area contributed by atoms with Crippen LogP contribution in [0.1, 0.15) is 34.3 Å². The average molecular weight is 417 g/mol. The number of ether oxygens (including phenoxy) is 1. The summed E-state index contributed by atoms with van der Waals surface area (Å²) >= 11 is 0. The topological polar surface area (TPSA) is 53.9 Å². The Kier molecular flexibility index (Phi) is 6.57.